The summed E-state index contributed by atoms with van der Waals surface area (Å²) < 4.78 is 23.0. The smallest absolute Gasteiger partial charge is 0.343 e. The highest BCUT2D eigenvalue weighted by atomic mass is 16.5. The summed E-state index contributed by atoms with van der Waals surface area (Å²) >= 11 is 0. The van der Waals surface area contributed by atoms with Crippen molar-refractivity contribution in [2.24, 2.45) is 20.5 Å². The van der Waals surface area contributed by atoms with Crippen LogP contribution in [0.15, 0.2) is 142 Å². The number of ether oxygens (including phenoxy) is 4. The first kappa shape index (κ1) is 48.9. The molecule has 0 aliphatic carbocycles. The Hall–Kier alpha value is -6.16. The molecule has 0 spiro atoms. The molecule has 338 valence electrons. The Bertz CT molecular complexity index is 1990. The zero-order valence-corrected chi connectivity index (χ0v) is 37.9. The van der Waals surface area contributed by atoms with Gasteiger partial charge in [0.2, 0.25) is 0 Å². The Labute approximate surface area is 380 Å². The molecule has 0 fully saturated rings. The largest absolute Gasteiger partial charge is 0.494 e. The Morgan fingerprint density at radius 2 is 0.656 bits per heavy atom. The van der Waals surface area contributed by atoms with E-state index in [2.05, 4.69) is 34.3 Å². The van der Waals surface area contributed by atoms with Crippen LogP contribution in [0.1, 0.15) is 150 Å². The molecule has 0 aliphatic heterocycles. The molecule has 0 bridgehead atoms. The van der Waals surface area contributed by atoms with Crippen LogP contribution in [-0.2, 0) is 0 Å². The summed E-state index contributed by atoms with van der Waals surface area (Å²) in [7, 11) is 0. The van der Waals surface area contributed by atoms with Gasteiger partial charge in [-0.25, -0.2) is 9.59 Å². The van der Waals surface area contributed by atoms with E-state index in [1.807, 2.05) is 48.5 Å². The van der Waals surface area contributed by atoms with Crippen LogP contribution in [0.4, 0.5) is 22.7 Å². The maximum Gasteiger partial charge on any atom is 0.343 e. The molecule has 0 radical (unpaired) electrons. The number of hydrogen-bond acceptors (Lipinski definition) is 10. The summed E-state index contributed by atoms with van der Waals surface area (Å²) in [6.07, 6.45) is 23.1. The van der Waals surface area contributed by atoms with Crippen LogP contribution in [0, 0.1) is 0 Å². The second-order valence-electron chi connectivity index (χ2n) is 16.1. The normalized spacial score (nSPS) is 11.3. The van der Waals surface area contributed by atoms with Crippen molar-refractivity contribution in [1.29, 1.82) is 0 Å². The van der Waals surface area contributed by atoms with E-state index < -0.39 is 11.9 Å². The molecule has 0 saturated carbocycles. The van der Waals surface area contributed by atoms with Gasteiger partial charge >= 0.3 is 11.9 Å². The van der Waals surface area contributed by atoms with Crippen molar-refractivity contribution in [2.45, 2.75) is 129 Å². The van der Waals surface area contributed by atoms with Crippen LogP contribution < -0.4 is 18.9 Å². The molecule has 0 N–H and O–H groups in total. The number of rotatable bonds is 30. The second kappa shape index (κ2) is 29.3. The third-order valence-corrected chi connectivity index (χ3v) is 10.7. The highest BCUT2D eigenvalue weighted by molar-refractivity contribution is 5.92. The van der Waals surface area contributed by atoms with Crippen molar-refractivity contribution in [3.05, 3.63) is 132 Å². The van der Waals surface area contributed by atoms with Crippen LogP contribution in [-0.4, -0.2) is 25.2 Å². The van der Waals surface area contributed by atoms with Crippen molar-refractivity contribution in [1.82, 2.24) is 0 Å². The standard InChI is InChI=1S/C54H66N4O6/c1-3-5-7-9-11-13-15-17-19-40-61-49-36-32-47(33-37-49)57-55-45-28-24-43(25-29-45)53(59)63-51-22-21-23-52(42-51)64-54(60)44-26-30-46(31-27-44)56-58-48-34-38-50(39-35-48)62-41-20-18-16-14-12-10-8-6-4-2/h21-39,42H,3-20,40-41H2,1-2H3. The van der Waals surface area contributed by atoms with Crippen molar-refractivity contribution in [3.63, 3.8) is 0 Å². The van der Waals surface area contributed by atoms with Gasteiger partial charge in [-0.1, -0.05) is 123 Å². The number of azo groups is 2. The number of carbonyl (C=O) groups is 2. The first-order chi connectivity index (χ1) is 31.5. The minimum Gasteiger partial charge on any atom is -0.494 e. The van der Waals surface area contributed by atoms with Crippen molar-refractivity contribution >= 4 is 34.7 Å². The van der Waals surface area contributed by atoms with E-state index in [0.29, 0.717) is 47.1 Å². The minimum absolute atomic E-state index is 0.230. The van der Waals surface area contributed by atoms with E-state index in [4.69, 9.17) is 18.9 Å². The van der Waals surface area contributed by atoms with Gasteiger partial charge in [0, 0.05) is 6.07 Å². The zero-order valence-electron chi connectivity index (χ0n) is 37.9. The molecular weight excluding hydrogens is 801 g/mol. The molecule has 0 saturated heterocycles. The summed E-state index contributed by atoms with van der Waals surface area (Å²) in [5.41, 5.74) is 3.22. The number of benzene rings is 5. The van der Waals surface area contributed by atoms with Gasteiger partial charge in [0.15, 0.2) is 0 Å². The Kier molecular flexibility index (Phi) is 22.3. The Morgan fingerprint density at radius 3 is 0.984 bits per heavy atom. The van der Waals surface area contributed by atoms with Crippen LogP contribution in [0.5, 0.6) is 23.0 Å². The van der Waals surface area contributed by atoms with Crippen LogP contribution in [0.25, 0.3) is 0 Å². The number of carbonyl (C=O) groups excluding carboxylic acids is 2. The van der Waals surface area contributed by atoms with Crippen molar-refractivity contribution in [3.8, 4) is 23.0 Å². The van der Waals surface area contributed by atoms with E-state index in [0.717, 1.165) is 24.3 Å². The molecule has 0 atom stereocenters. The SMILES string of the molecule is CCCCCCCCCCCOc1ccc(N=Nc2ccc(C(=O)Oc3cccc(OC(=O)c4ccc(N=Nc5ccc(OCCCCCCCCCCC)cc5)cc4)c3)cc2)cc1. The highest BCUT2D eigenvalue weighted by Gasteiger charge is 2.13. The minimum atomic E-state index is -0.566. The van der Waals surface area contributed by atoms with E-state index in [-0.39, 0.29) is 11.5 Å². The highest BCUT2D eigenvalue weighted by Crippen LogP contribution is 2.26. The molecule has 5 aromatic rings. The van der Waals surface area contributed by atoms with E-state index in [1.165, 1.54) is 109 Å². The molecule has 0 heterocycles. The Balaban J connectivity index is 0.985. The fourth-order valence-electron chi connectivity index (χ4n) is 6.92. The monoisotopic (exact) mass is 866 g/mol. The zero-order chi connectivity index (χ0) is 44.9. The quantitative estimate of drug-likeness (QED) is 0.0196. The lowest BCUT2D eigenvalue weighted by molar-refractivity contribution is 0.0733. The van der Waals surface area contributed by atoms with E-state index in [1.54, 1.807) is 66.7 Å². The fourth-order valence-corrected chi connectivity index (χ4v) is 6.92. The molecule has 10 heteroatoms. The molecule has 0 amide bonds. The van der Waals surface area contributed by atoms with Crippen LogP contribution in [0.2, 0.25) is 0 Å². The van der Waals surface area contributed by atoms with E-state index >= 15 is 0 Å². The molecule has 5 rings (SSSR count). The van der Waals surface area contributed by atoms with Gasteiger partial charge in [-0.3, -0.25) is 0 Å². The predicted octanol–water partition coefficient (Wildman–Crippen LogP) is 16.8. The fraction of sp³-hybridized carbons (Fsp3) is 0.407. The Morgan fingerprint density at radius 1 is 0.359 bits per heavy atom. The van der Waals surface area contributed by atoms with Gasteiger partial charge in [0.25, 0.3) is 0 Å². The molecule has 0 aliphatic rings. The molecule has 64 heavy (non-hydrogen) atoms. The van der Waals surface area contributed by atoms with Gasteiger partial charge in [0.1, 0.15) is 23.0 Å². The summed E-state index contributed by atoms with van der Waals surface area (Å²) in [6, 6.07) is 34.7. The molecule has 0 aromatic heterocycles. The first-order valence-corrected chi connectivity index (χ1v) is 23.5. The molecule has 5 aromatic carbocycles. The number of hydrogen-bond donors (Lipinski definition) is 0. The number of esters is 2. The summed E-state index contributed by atoms with van der Waals surface area (Å²) in [6.45, 7) is 5.92. The van der Waals surface area contributed by atoms with Gasteiger partial charge in [-0.2, -0.15) is 20.5 Å². The first-order valence-electron chi connectivity index (χ1n) is 23.5. The van der Waals surface area contributed by atoms with Gasteiger partial charge in [0.05, 0.1) is 47.1 Å². The van der Waals surface area contributed by atoms with Crippen LogP contribution >= 0.6 is 0 Å². The third kappa shape index (κ3) is 19.1. The lowest BCUT2D eigenvalue weighted by atomic mass is 10.1. The lowest BCUT2D eigenvalue weighted by Gasteiger charge is -2.08. The molecule has 0 unspecified atom stereocenters. The molecular formula is C54H66N4O6. The predicted molar refractivity (Wildman–Crippen MR) is 256 cm³/mol. The van der Waals surface area contributed by atoms with E-state index in [9.17, 15) is 9.59 Å². The van der Waals surface area contributed by atoms with Gasteiger partial charge < -0.3 is 18.9 Å². The maximum atomic E-state index is 13.0. The van der Waals surface area contributed by atoms with Crippen molar-refractivity contribution in [2.75, 3.05) is 13.2 Å². The lowest BCUT2D eigenvalue weighted by Crippen LogP contribution is -2.10. The van der Waals surface area contributed by atoms with Crippen molar-refractivity contribution < 1.29 is 28.5 Å². The summed E-state index contributed by atoms with van der Waals surface area (Å²) in [5.74, 6) is 0.963. The number of nitrogens with zero attached hydrogens (tertiary/aromatic N) is 4. The third-order valence-electron chi connectivity index (χ3n) is 10.7. The average molecular weight is 867 g/mol. The average Bonchev–Trinajstić information content (AvgIpc) is 3.32. The van der Waals surface area contributed by atoms with Crippen LogP contribution in [0.3, 0.4) is 0 Å². The van der Waals surface area contributed by atoms with Gasteiger partial charge in [-0.05, 0) is 122 Å². The summed E-state index contributed by atoms with van der Waals surface area (Å²) in [5, 5.41) is 17.2. The molecule has 10 nitrogen and oxygen atoms in total. The van der Waals surface area contributed by atoms with Gasteiger partial charge in [-0.15, -0.1) is 0 Å². The number of unbranched alkanes of at least 4 members (excludes halogenated alkanes) is 16. The topological polar surface area (TPSA) is 121 Å². The summed E-state index contributed by atoms with van der Waals surface area (Å²) in [4.78, 5) is 25.9. The maximum absolute atomic E-state index is 13.0. The second-order valence-corrected chi connectivity index (χ2v) is 16.1.